The average Bonchev–Trinajstić information content (AvgIpc) is 2.00. The molecule has 12 heavy (non-hydrogen) atoms. The van der Waals surface area contributed by atoms with E-state index in [1.807, 2.05) is 25.9 Å². The van der Waals surface area contributed by atoms with Gasteiger partial charge in [-0.1, -0.05) is 18.7 Å². The predicted molar refractivity (Wildman–Crippen MR) is 53.3 cm³/mol. The zero-order valence-corrected chi connectivity index (χ0v) is 8.61. The fourth-order valence-electron chi connectivity index (χ4n) is 0.489. The summed E-state index contributed by atoms with van der Waals surface area (Å²) in [5.74, 6) is 0.752. The van der Waals surface area contributed by atoms with Crippen LogP contribution in [0.25, 0.3) is 0 Å². The van der Waals surface area contributed by atoms with Crippen molar-refractivity contribution < 1.29 is 5.11 Å². The molecule has 0 fully saturated rings. The molecular weight excluding hydrogens is 174 g/mol. The predicted octanol–water partition coefficient (Wildman–Crippen LogP) is 0.491. The molecule has 0 bridgehead atoms. The van der Waals surface area contributed by atoms with Crippen molar-refractivity contribution in [2.24, 2.45) is 0 Å². The molecule has 3 N–H and O–H groups in total. The van der Waals surface area contributed by atoms with Gasteiger partial charge in [0, 0.05) is 0 Å². The fourth-order valence-corrected chi connectivity index (χ4v) is 1.10. The molecule has 0 heterocycles. The van der Waals surface area contributed by atoms with Gasteiger partial charge >= 0.3 is 0 Å². The van der Waals surface area contributed by atoms with E-state index < -0.39 is 6.23 Å². The van der Waals surface area contributed by atoms with E-state index in [2.05, 4.69) is 5.32 Å². The summed E-state index contributed by atoms with van der Waals surface area (Å²) in [6.45, 7) is 1.86. The quantitative estimate of drug-likeness (QED) is 0.344. The van der Waals surface area contributed by atoms with Crippen LogP contribution in [-0.2, 0) is 0 Å². The van der Waals surface area contributed by atoms with E-state index in [1.165, 1.54) is 11.8 Å². The van der Waals surface area contributed by atoms with E-state index in [9.17, 15) is 0 Å². The van der Waals surface area contributed by atoms with Crippen LogP contribution in [0.3, 0.4) is 0 Å². The Kier molecular flexibility index (Phi) is 6.14. The summed E-state index contributed by atoms with van der Waals surface area (Å²) in [5, 5.41) is 19.5. The van der Waals surface area contributed by atoms with E-state index in [0.29, 0.717) is 11.6 Å². The third kappa shape index (κ3) is 6.45. The normalized spacial score (nSPS) is 13.1. The van der Waals surface area contributed by atoms with E-state index >= 15 is 0 Å². The maximum absolute atomic E-state index is 9.11. The number of nitrogens with one attached hydrogen (secondary N) is 2. The highest BCUT2D eigenvalue weighted by atomic mass is 32.2. The third-order valence-electron chi connectivity index (χ3n) is 1.15. The van der Waals surface area contributed by atoms with Gasteiger partial charge in [-0.05, 0) is 20.5 Å². The lowest BCUT2D eigenvalue weighted by atomic mass is 10.4. The summed E-state index contributed by atoms with van der Waals surface area (Å²) in [5.41, 5.74) is 0. The average molecular weight is 191 g/mol. The third-order valence-corrected chi connectivity index (χ3v) is 2.20. The first-order valence-electron chi connectivity index (χ1n) is 3.87. The van der Waals surface area contributed by atoms with Gasteiger partial charge in [0.1, 0.15) is 6.23 Å². The van der Waals surface area contributed by atoms with Crippen LogP contribution >= 0.6 is 11.8 Å². The van der Waals surface area contributed by atoms with Crippen LogP contribution in [0.15, 0.2) is 0 Å². The Morgan fingerprint density at radius 3 is 2.67 bits per heavy atom. The lowest BCUT2D eigenvalue weighted by molar-refractivity contribution is 0.156. The summed E-state index contributed by atoms with van der Waals surface area (Å²) >= 11 is 1.37. The molecular formula is C7H17N3OS. The Hall–Kier alpha value is -0.260. The number of amidine groups is 1. The minimum atomic E-state index is -0.591. The second-order valence-corrected chi connectivity index (χ2v) is 3.71. The van der Waals surface area contributed by atoms with E-state index in [-0.39, 0.29) is 0 Å². The van der Waals surface area contributed by atoms with Gasteiger partial charge in [0.2, 0.25) is 0 Å². The Bertz CT molecular complexity index is 141. The Morgan fingerprint density at radius 2 is 2.25 bits per heavy atom. The molecule has 0 aliphatic carbocycles. The summed E-state index contributed by atoms with van der Waals surface area (Å²) in [7, 11) is 3.88. The van der Waals surface area contributed by atoms with Crippen LogP contribution < -0.4 is 5.32 Å². The van der Waals surface area contributed by atoms with Gasteiger partial charge in [-0.2, -0.15) is 0 Å². The monoisotopic (exact) mass is 191 g/mol. The molecule has 0 aromatic carbocycles. The van der Waals surface area contributed by atoms with Gasteiger partial charge in [-0.25, -0.2) is 0 Å². The Labute approximate surface area is 77.8 Å². The number of hydrogen-bond donors (Lipinski definition) is 3. The van der Waals surface area contributed by atoms with Gasteiger partial charge in [-0.15, -0.1) is 0 Å². The largest absolute Gasteiger partial charge is 0.374 e. The molecule has 0 saturated heterocycles. The number of thioether (sulfide) groups is 1. The van der Waals surface area contributed by atoms with Gasteiger partial charge in [0.05, 0.1) is 5.88 Å². The molecule has 0 aliphatic heterocycles. The van der Waals surface area contributed by atoms with Crippen LogP contribution in [0.4, 0.5) is 0 Å². The van der Waals surface area contributed by atoms with Crippen molar-refractivity contribution in [3.63, 3.8) is 0 Å². The van der Waals surface area contributed by atoms with Crippen molar-refractivity contribution in [2.45, 2.75) is 19.6 Å². The lowest BCUT2D eigenvalue weighted by Gasteiger charge is -2.14. The number of aliphatic hydroxyl groups excluding tert-OH is 1. The first kappa shape index (κ1) is 11.7. The highest BCUT2D eigenvalue weighted by molar-refractivity contribution is 8.13. The molecule has 5 heteroatoms. The SMILES string of the molecule is CCC(O)NC(=N)SCN(C)C. The van der Waals surface area contributed by atoms with E-state index in [1.54, 1.807) is 0 Å². The van der Waals surface area contributed by atoms with Crippen molar-refractivity contribution in [3.8, 4) is 0 Å². The molecule has 72 valence electrons. The smallest absolute Gasteiger partial charge is 0.156 e. The minimum Gasteiger partial charge on any atom is -0.374 e. The van der Waals surface area contributed by atoms with E-state index in [0.717, 1.165) is 5.88 Å². The maximum Gasteiger partial charge on any atom is 0.156 e. The molecule has 0 aliphatic rings. The van der Waals surface area contributed by atoms with Crippen molar-refractivity contribution >= 4 is 16.9 Å². The molecule has 1 atom stereocenters. The molecule has 0 amide bonds. The molecule has 0 spiro atoms. The summed E-state index contributed by atoms with van der Waals surface area (Å²) in [6, 6.07) is 0. The molecule has 1 unspecified atom stereocenters. The number of rotatable bonds is 4. The zero-order chi connectivity index (χ0) is 9.56. The molecule has 4 nitrogen and oxygen atoms in total. The first-order chi connectivity index (χ1) is 5.56. The standard InChI is InChI=1S/C7H17N3OS/c1-4-6(11)9-7(8)12-5-10(2)3/h6,11H,4-5H2,1-3H3,(H2,8,9). The van der Waals surface area contributed by atoms with Crippen molar-refractivity contribution in [2.75, 3.05) is 20.0 Å². The van der Waals surface area contributed by atoms with Gasteiger partial charge < -0.3 is 10.4 Å². The van der Waals surface area contributed by atoms with Gasteiger partial charge in [-0.3, -0.25) is 10.3 Å². The number of nitrogens with zero attached hydrogens (tertiary/aromatic N) is 1. The zero-order valence-electron chi connectivity index (χ0n) is 7.79. The van der Waals surface area contributed by atoms with Gasteiger partial charge in [0.25, 0.3) is 0 Å². The minimum absolute atomic E-state index is 0.318. The summed E-state index contributed by atoms with van der Waals surface area (Å²) in [6.07, 6.45) is 0.0254. The van der Waals surface area contributed by atoms with Gasteiger partial charge in [0.15, 0.2) is 5.17 Å². The highest BCUT2D eigenvalue weighted by Crippen LogP contribution is 2.01. The van der Waals surface area contributed by atoms with Crippen molar-refractivity contribution in [3.05, 3.63) is 0 Å². The molecule has 0 rings (SSSR count). The second-order valence-electron chi connectivity index (χ2n) is 2.75. The highest BCUT2D eigenvalue weighted by Gasteiger charge is 2.03. The maximum atomic E-state index is 9.11. The van der Waals surface area contributed by atoms with Crippen LogP contribution in [0.1, 0.15) is 13.3 Å². The van der Waals surface area contributed by atoms with Crippen LogP contribution in [0.5, 0.6) is 0 Å². The van der Waals surface area contributed by atoms with Crippen molar-refractivity contribution in [1.29, 1.82) is 5.41 Å². The van der Waals surface area contributed by atoms with Crippen LogP contribution in [0.2, 0.25) is 0 Å². The molecule has 0 aromatic rings. The second kappa shape index (κ2) is 6.28. The number of aliphatic hydroxyl groups is 1. The molecule has 0 saturated carbocycles. The fraction of sp³-hybridized carbons (Fsp3) is 0.857. The first-order valence-corrected chi connectivity index (χ1v) is 4.85. The molecule has 0 aromatic heterocycles. The van der Waals surface area contributed by atoms with Crippen LogP contribution in [-0.4, -0.2) is 41.4 Å². The molecule has 0 radical (unpaired) electrons. The summed E-state index contributed by atoms with van der Waals surface area (Å²) in [4.78, 5) is 1.97. The Morgan fingerprint density at radius 1 is 1.67 bits per heavy atom. The van der Waals surface area contributed by atoms with Crippen LogP contribution in [0, 0.1) is 5.41 Å². The lowest BCUT2D eigenvalue weighted by Crippen LogP contribution is -2.32. The number of hydrogen-bond acceptors (Lipinski definition) is 4. The van der Waals surface area contributed by atoms with Crippen molar-refractivity contribution in [1.82, 2.24) is 10.2 Å². The van der Waals surface area contributed by atoms with E-state index in [4.69, 9.17) is 10.5 Å². The summed E-state index contributed by atoms with van der Waals surface area (Å²) < 4.78 is 0. The topological polar surface area (TPSA) is 59.4 Å². The Balaban J connectivity index is 3.46.